The Kier molecular flexibility index (Phi) is 6.30. The van der Waals surface area contributed by atoms with Crippen LogP contribution < -0.4 is 5.32 Å². The Hall–Kier alpha value is -2.15. The van der Waals surface area contributed by atoms with Gasteiger partial charge in [0.25, 0.3) is 11.6 Å². The van der Waals surface area contributed by atoms with Crippen LogP contribution in [-0.2, 0) is 9.53 Å². The van der Waals surface area contributed by atoms with E-state index in [-0.39, 0.29) is 22.2 Å². The maximum atomic E-state index is 12.2. The van der Waals surface area contributed by atoms with Gasteiger partial charge in [0.1, 0.15) is 6.04 Å². The molecule has 22 heavy (non-hydrogen) atoms. The minimum absolute atomic E-state index is 0.0560. The zero-order valence-electron chi connectivity index (χ0n) is 12.5. The van der Waals surface area contributed by atoms with Crippen LogP contribution in [-0.4, -0.2) is 30.0 Å². The number of halogens is 1. The number of rotatable bonds is 6. The van der Waals surface area contributed by atoms with Crippen LogP contribution in [0.2, 0.25) is 5.02 Å². The van der Waals surface area contributed by atoms with Crippen molar-refractivity contribution in [3.05, 3.63) is 38.9 Å². The third-order valence-electron chi connectivity index (χ3n) is 3.36. The summed E-state index contributed by atoms with van der Waals surface area (Å²) in [5.74, 6) is -1.27. The molecule has 2 atom stereocenters. The van der Waals surface area contributed by atoms with Crippen molar-refractivity contribution in [1.82, 2.24) is 5.32 Å². The van der Waals surface area contributed by atoms with E-state index in [1.807, 2.05) is 6.92 Å². The molecule has 0 spiro atoms. The van der Waals surface area contributed by atoms with Gasteiger partial charge in [-0.05, 0) is 12.0 Å². The number of esters is 1. The van der Waals surface area contributed by atoms with E-state index in [0.29, 0.717) is 6.42 Å². The van der Waals surface area contributed by atoms with Crippen LogP contribution in [0.1, 0.15) is 30.6 Å². The smallest absolute Gasteiger partial charge is 0.328 e. The molecule has 1 rings (SSSR count). The van der Waals surface area contributed by atoms with Crippen molar-refractivity contribution < 1.29 is 19.2 Å². The number of amides is 1. The highest BCUT2D eigenvalue weighted by atomic mass is 35.5. The summed E-state index contributed by atoms with van der Waals surface area (Å²) >= 11 is 5.90. The van der Waals surface area contributed by atoms with Crippen molar-refractivity contribution in [1.29, 1.82) is 0 Å². The Balaban J connectivity index is 3.00. The van der Waals surface area contributed by atoms with Crippen molar-refractivity contribution >= 4 is 29.2 Å². The van der Waals surface area contributed by atoms with Gasteiger partial charge in [-0.3, -0.25) is 14.9 Å². The van der Waals surface area contributed by atoms with Gasteiger partial charge in [-0.15, -0.1) is 0 Å². The molecular weight excluding hydrogens is 312 g/mol. The van der Waals surface area contributed by atoms with Gasteiger partial charge in [-0.25, -0.2) is 4.79 Å². The zero-order valence-corrected chi connectivity index (χ0v) is 13.2. The maximum absolute atomic E-state index is 12.2. The molecule has 0 bridgehead atoms. The number of non-ortho nitro benzene ring substituents is 1. The fraction of sp³-hybridized carbons (Fsp3) is 0.429. The number of carbonyl (C=O) groups is 2. The van der Waals surface area contributed by atoms with Crippen molar-refractivity contribution in [3.8, 4) is 0 Å². The Morgan fingerprint density at radius 1 is 1.45 bits per heavy atom. The van der Waals surface area contributed by atoms with E-state index in [2.05, 4.69) is 10.1 Å². The lowest BCUT2D eigenvalue weighted by atomic mass is 9.99. The summed E-state index contributed by atoms with van der Waals surface area (Å²) in [5.41, 5.74) is -0.155. The molecule has 0 aliphatic heterocycles. The lowest BCUT2D eigenvalue weighted by Gasteiger charge is -2.22. The molecule has 0 aliphatic carbocycles. The molecule has 0 aliphatic rings. The second-order valence-electron chi connectivity index (χ2n) is 4.78. The largest absolute Gasteiger partial charge is 0.467 e. The van der Waals surface area contributed by atoms with Crippen molar-refractivity contribution in [2.75, 3.05) is 7.11 Å². The molecule has 0 unspecified atom stereocenters. The monoisotopic (exact) mass is 328 g/mol. The first-order chi connectivity index (χ1) is 10.3. The third kappa shape index (κ3) is 4.17. The third-order valence-corrected chi connectivity index (χ3v) is 3.68. The Bertz CT molecular complexity index is 591. The van der Waals surface area contributed by atoms with E-state index < -0.39 is 22.8 Å². The molecule has 0 saturated carbocycles. The Labute approximate surface area is 132 Å². The van der Waals surface area contributed by atoms with E-state index >= 15 is 0 Å². The molecular formula is C14H17ClN2O5. The second-order valence-corrected chi connectivity index (χ2v) is 5.19. The summed E-state index contributed by atoms with van der Waals surface area (Å²) in [6.45, 7) is 3.69. The molecule has 0 saturated heterocycles. The number of carbonyl (C=O) groups excluding carboxylic acids is 2. The summed E-state index contributed by atoms with van der Waals surface area (Å²) in [4.78, 5) is 34.0. The van der Waals surface area contributed by atoms with Crippen molar-refractivity contribution in [3.63, 3.8) is 0 Å². The first-order valence-corrected chi connectivity index (χ1v) is 7.02. The molecule has 1 N–H and O–H groups in total. The molecule has 120 valence electrons. The highest BCUT2D eigenvalue weighted by molar-refractivity contribution is 6.34. The van der Waals surface area contributed by atoms with Crippen LogP contribution >= 0.6 is 11.6 Å². The summed E-state index contributed by atoms with van der Waals surface area (Å²) in [7, 11) is 1.24. The van der Waals surface area contributed by atoms with Crippen LogP contribution in [0.25, 0.3) is 0 Å². The molecule has 1 aromatic carbocycles. The summed E-state index contributed by atoms with van der Waals surface area (Å²) in [6, 6.07) is 2.71. The van der Waals surface area contributed by atoms with Gasteiger partial charge in [-0.1, -0.05) is 31.9 Å². The van der Waals surface area contributed by atoms with Crippen molar-refractivity contribution in [2.45, 2.75) is 26.3 Å². The average molecular weight is 329 g/mol. The average Bonchev–Trinajstić information content (AvgIpc) is 2.50. The van der Waals surface area contributed by atoms with Gasteiger partial charge >= 0.3 is 5.97 Å². The first-order valence-electron chi connectivity index (χ1n) is 6.64. The fourth-order valence-electron chi connectivity index (χ4n) is 1.82. The van der Waals surface area contributed by atoms with E-state index in [1.165, 1.54) is 19.2 Å². The van der Waals surface area contributed by atoms with Crippen molar-refractivity contribution in [2.24, 2.45) is 5.92 Å². The minimum atomic E-state index is -0.811. The molecule has 8 heteroatoms. The second kappa shape index (κ2) is 7.74. The van der Waals surface area contributed by atoms with Crippen LogP contribution in [0, 0.1) is 16.0 Å². The molecule has 1 aromatic rings. The quantitative estimate of drug-likeness (QED) is 0.491. The number of methoxy groups -OCH3 is 1. The molecule has 0 radical (unpaired) electrons. The van der Waals surface area contributed by atoms with Gasteiger partial charge < -0.3 is 10.1 Å². The van der Waals surface area contributed by atoms with Gasteiger partial charge in [0.2, 0.25) is 0 Å². The predicted octanol–water partition coefficient (Wildman–Crippen LogP) is 2.57. The molecule has 7 nitrogen and oxygen atoms in total. The molecule has 1 amide bonds. The van der Waals surface area contributed by atoms with Crippen LogP contribution in [0.4, 0.5) is 5.69 Å². The summed E-state index contributed by atoms with van der Waals surface area (Å²) in [5, 5.41) is 13.2. The molecule has 0 aromatic heterocycles. The lowest BCUT2D eigenvalue weighted by molar-refractivity contribution is -0.384. The number of nitro groups is 1. The number of hydrogen-bond acceptors (Lipinski definition) is 5. The highest BCUT2D eigenvalue weighted by Crippen LogP contribution is 2.23. The lowest BCUT2D eigenvalue weighted by Crippen LogP contribution is -2.45. The molecule has 0 fully saturated rings. The number of nitrogens with zero attached hydrogens (tertiary/aromatic N) is 1. The molecule has 0 heterocycles. The van der Waals surface area contributed by atoms with Gasteiger partial charge in [-0.2, -0.15) is 0 Å². The number of hydrogen-bond donors (Lipinski definition) is 1. The number of nitro benzene ring substituents is 1. The minimum Gasteiger partial charge on any atom is -0.467 e. The maximum Gasteiger partial charge on any atom is 0.328 e. The van der Waals surface area contributed by atoms with Gasteiger partial charge in [0.15, 0.2) is 0 Å². The SMILES string of the molecule is CC[C@@H](C)[C@H](NC(=O)c1ccc([N+](=O)[O-])cc1Cl)C(=O)OC. The topological polar surface area (TPSA) is 98.5 Å². The number of ether oxygens (including phenoxy) is 1. The normalized spacial score (nSPS) is 13.1. The first kappa shape index (κ1) is 17.9. The van der Waals surface area contributed by atoms with Crippen LogP contribution in [0.15, 0.2) is 18.2 Å². The summed E-state index contributed by atoms with van der Waals surface area (Å²) < 4.78 is 4.68. The standard InChI is InChI=1S/C14H17ClN2O5/c1-4-8(2)12(14(19)22-3)16-13(18)10-6-5-9(17(20)21)7-11(10)15/h5-8,12H,4H2,1-3H3,(H,16,18)/t8-,12+/m1/s1. The number of nitrogens with one attached hydrogen (secondary N) is 1. The zero-order chi connectivity index (χ0) is 16.9. The van der Waals surface area contributed by atoms with E-state index in [4.69, 9.17) is 11.6 Å². The summed E-state index contributed by atoms with van der Waals surface area (Å²) in [6.07, 6.45) is 0.661. The van der Waals surface area contributed by atoms with E-state index in [1.54, 1.807) is 6.92 Å². The van der Waals surface area contributed by atoms with E-state index in [0.717, 1.165) is 6.07 Å². The highest BCUT2D eigenvalue weighted by Gasteiger charge is 2.28. The van der Waals surface area contributed by atoms with Gasteiger partial charge in [0, 0.05) is 12.1 Å². The number of benzene rings is 1. The fourth-order valence-corrected chi connectivity index (χ4v) is 2.08. The Morgan fingerprint density at radius 3 is 2.55 bits per heavy atom. The van der Waals surface area contributed by atoms with E-state index in [9.17, 15) is 19.7 Å². The van der Waals surface area contributed by atoms with Gasteiger partial charge in [0.05, 0.1) is 22.6 Å². The van der Waals surface area contributed by atoms with Crippen LogP contribution in [0.5, 0.6) is 0 Å². The predicted molar refractivity (Wildman–Crippen MR) is 80.8 cm³/mol. The Morgan fingerprint density at radius 2 is 2.09 bits per heavy atom. The van der Waals surface area contributed by atoms with Crippen LogP contribution in [0.3, 0.4) is 0 Å².